The van der Waals surface area contributed by atoms with E-state index in [1.54, 1.807) is 6.07 Å². The number of rotatable bonds is 3. The number of hydrogen-bond donors (Lipinski definition) is 2. The van der Waals surface area contributed by atoms with Crippen LogP contribution in [0.3, 0.4) is 0 Å². The number of fused-ring (bicyclic) bond motifs is 1. The van der Waals surface area contributed by atoms with Crippen LogP contribution in [-0.2, 0) is 0 Å². The molecule has 114 valence electrons. The van der Waals surface area contributed by atoms with Crippen LogP contribution in [0.15, 0.2) is 18.2 Å². The van der Waals surface area contributed by atoms with Gasteiger partial charge in [0, 0.05) is 10.7 Å². The van der Waals surface area contributed by atoms with Crippen LogP contribution in [0.1, 0.15) is 23.0 Å². The highest BCUT2D eigenvalue weighted by atomic mass is 32.1. The maximum atomic E-state index is 13.7. The summed E-state index contributed by atoms with van der Waals surface area (Å²) in [6.07, 6.45) is -5.51. The summed E-state index contributed by atoms with van der Waals surface area (Å²) >= 11 is 0.948. The zero-order valence-electron chi connectivity index (χ0n) is 10.9. The van der Waals surface area contributed by atoms with E-state index in [-0.39, 0.29) is 16.0 Å². The minimum absolute atomic E-state index is 0.0177. The molecule has 1 heterocycles. The third kappa shape index (κ3) is 3.44. The van der Waals surface area contributed by atoms with E-state index >= 15 is 0 Å². The fourth-order valence-corrected chi connectivity index (χ4v) is 3.03. The van der Waals surface area contributed by atoms with Crippen LogP contribution < -0.4 is 11.1 Å². The Bertz CT molecular complexity index is 681. The molecule has 21 heavy (non-hydrogen) atoms. The van der Waals surface area contributed by atoms with Crippen molar-refractivity contribution in [2.75, 3.05) is 5.73 Å². The molecule has 0 aliphatic carbocycles. The second-order valence-corrected chi connectivity index (χ2v) is 5.70. The number of nitrogen functional groups attached to an aromatic ring is 1. The van der Waals surface area contributed by atoms with Gasteiger partial charge in [0.1, 0.15) is 10.7 Å². The summed E-state index contributed by atoms with van der Waals surface area (Å²) < 4.78 is 50.8. The molecule has 3 nitrogen and oxygen atoms in total. The molecule has 0 saturated carbocycles. The number of alkyl halides is 3. The largest absolute Gasteiger partial charge is 0.397 e. The van der Waals surface area contributed by atoms with Crippen molar-refractivity contribution in [2.45, 2.75) is 25.6 Å². The van der Waals surface area contributed by atoms with Gasteiger partial charge in [-0.15, -0.1) is 11.3 Å². The number of nitrogens with one attached hydrogen (secondary N) is 1. The number of carbonyl (C=O) groups is 1. The molecule has 1 atom stereocenters. The van der Waals surface area contributed by atoms with E-state index < -0.39 is 30.4 Å². The molecule has 1 aromatic heterocycles. The van der Waals surface area contributed by atoms with Gasteiger partial charge in [-0.25, -0.2) is 4.39 Å². The molecule has 1 amide bonds. The Morgan fingerprint density at radius 1 is 1.43 bits per heavy atom. The lowest BCUT2D eigenvalue weighted by Crippen LogP contribution is -2.35. The molecule has 0 fully saturated rings. The maximum Gasteiger partial charge on any atom is 0.391 e. The van der Waals surface area contributed by atoms with Crippen molar-refractivity contribution in [3.05, 3.63) is 28.9 Å². The minimum atomic E-state index is -4.37. The summed E-state index contributed by atoms with van der Waals surface area (Å²) in [6, 6.07) is 3.18. The summed E-state index contributed by atoms with van der Waals surface area (Å²) in [7, 11) is 0. The Labute approximate surface area is 121 Å². The van der Waals surface area contributed by atoms with Crippen molar-refractivity contribution in [2.24, 2.45) is 0 Å². The van der Waals surface area contributed by atoms with E-state index in [1.165, 1.54) is 19.1 Å². The third-order valence-corrected chi connectivity index (χ3v) is 3.99. The first-order chi connectivity index (χ1) is 9.69. The number of carbonyl (C=O) groups excluding carboxylic acids is 1. The quantitative estimate of drug-likeness (QED) is 0.847. The van der Waals surface area contributed by atoms with E-state index in [4.69, 9.17) is 5.73 Å². The summed E-state index contributed by atoms with van der Waals surface area (Å²) in [5.41, 5.74) is 5.68. The maximum absolute atomic E-state index is 13.7. The second kappa shape index (κ2) is 5.51. The molecule has 0 spiro atoms. The first kappa shape index (κ1) is 15.6. The average molecular weight is 320 g/mol. The number of thiophene rings is 1. The molecule has 0 radical (unpaired) electrons. The lowest BCUT2D eigenvalue weighted by molar-refractivity contribution is -0.138. The summed E-state index contributed by atoms with van der Waals surface area (Å²) in [5, 5.41) is 2.34. The van der Waals surface area contributed by atoms with Crippen molar-refractivity contribution >= 4 is 33.0 Å². The fraction of sp³-hybridized carbons (Fsp3) is 0.308. The Morgan fingerprint density at radius 2 is 2.10 bits per heavy atom. The van der Waals surface area contributed by atoms with Gasteiger partial charge in [0.25, 0.3) is 5.91 Å². The summed E-state index contributed by atoms with van der Waals surface area (Å²) in [4.78, 5) is 12.0. The van der Waals surface area contributed by atoms with Crippen LogP contribution in [-0.4, -0.2) is 18.1 Å². The van der Waals surface area contributed by atoms with E-state index in [2.05, 4.69) is 5.32 Å². The first-order valence-electron chi connectivity index (χ1n) is 6.03. The molecule has 0 bridgehead atoms. The molecule has 8 heteroatoms. The zero-order chi connectivity index (χ0) is 15.8. The molecule has 0 saturated heterocycles. The lowest BCUT2D eigenvalue weighted by Gasteiger charge is -2.15. The number of hydrogen-bond acceptors (Lipinski definition) is 3. The molecule has 1 unspecified atom stereocenters. The fourth-order valence-electron chi connectivity index (χ4n) is 1.99. The SMILES string of the molecule is CC(CC(F)(F)F)NC(=O)c1sc2cccc(F)c2c1N. The van der Waals surface area contributed by atoms with Crippen LogP contribution >= 0.6 is 11.3 Å². The van der Waals surface area contributed by atoms with Crippen molar-refractivity contribution in [1.29, 1.82) is 0 Å². The molecule has 2 aromatic rings. The number of amides is 1. The number of halogens is 4. The van der Waals surface area contributed by atoms with Crippen LogP contribution in [0, 0.1) is 5.82 Å². The summed E-state index contributed by atoms with van der Waals surface area (Å²) in [6.45, 7) is 1.25. The van der Waals surface area contributed by atoms with E-state index in [0.717, 1.165) is 11.3 Å². The zero-order valence-corrected chi connectivity index (χ0v) is 11.7. The first-order valence-corrected chi connectivity index (χ1v) is 6.85. The molecule has 1 aromatic carbocycles. The smallest absolute Gasteiger partial charge is 0.391 e. The number of nitrogens with two attached hydrogens (primary N) is 1. The van der Waals surface area contributed by atoms with Gasteiger partial charge in [-0.05, 0) is 19.1 Å². The van der Waals surface area contributed by atoms with Gasteiger partial charge in [0.05, 0.1) is 17.5 Å². The van der Waals surface area contributed by atoms with Gasteiger partial charge in [-0.1, -0.05) is 6.07 Å². The predicted molar refractivity (Wildman–Crippen MR) is 73.8 cm³/mol. The topological polar surface area (TPSA) is 55.1 Å². The Hall–Kier alpha value is -1.83. The van der Waals surface area contributed by atoms with Crippen molar-refractivity contribution in [1.82, 2.24) is 5.32 Å². The third-order valence-electron chi connectivity index (χ3n) is 2.82. The summed E-state index contributed by atoms with van der Waals surface area (Å²) in [5.74, 6) is -1.30. The molecule has 0 aliphatic heterocycles. The highest BCUT2D eigenvalue weighted by Crippen LogP contribution is 2.35. The van der Waals surface area contributed by atoms with Gasteiger partial charge in [-0.2, -0.15) is 13.2 Å². The highest BCUT2D eigenvalue weighted by Gasteiger charge is 2.31. The highest BCUT2D eigenvalue weighted by molar-refractivity contribution is 7.21. The van der Waals surface area contributed by atoms with Crippen molar-refractivity contribution < 1.29 is 22.4 Å². The molecular formula is C13H12F4N2OS. The normalized spacial score (nSPS) is 13.4. The number of benzene rings is 1. The van der Waals surface area contributed by atoms with Gasteiger partial charge in [0.15, 0.2) is 0 Å². The van der Waals surface area contributed by atoms with Gasteiger partial charge in [-0.3, -0.25) is 4.79 Å². The standard InChI is InChI=1S/C13H12F4N2OS/c1-6(5-13(15,16)17)19-12(20)11-10(18)9-7(14)3-2-4-8(9)21-11/h2-4,6H,5,18H2,1H3,(H,19,20). The van der Waals surface area contributed by atoms with E-state index in [0.29, 0.717) is 4.70 Å². The minimum Gasteiger partial charge on any atom is -0.397 e. The van der Waals surface area contributed by atoms with Gasteiger partial charge in [0.2, 0.25) is 0 Å². The molecule has 0 aliphatic rings. The van der Waals surface area contributed by atoms with Crippen LogP contribution in [0.4, 0.5) is 23.2 Å². The van der Waals surface area contributed by atoms with E-state index in [1.807, 2.05) is 0 Å². The van der Waals surface area contributed by atoms with Gasteiger partial charge >= 0.3 is 6.18 Å². The Morgan fingerprint density at radius 3 is 2.67 bits per heavy atom. The van der Waals surface area contributed by atoms with Crippen LogP contribution in [0.25, 0.3) is 10.1 Å². The average Bonchev–Trinajstić information content (AvgIpc) is 2.65. The van der Waals surface area contributed by atoms with Crippen molar-refractivity contribution in [3.8, 4) is 0 Å². The molecular weight excluding hydrogens is 308 g/mol. The monoisotopic (exact) mass is 320 g/mol. The lowest BCUT2D eigenvalue weighted by atomic mass is 10.2. The predicted octanol–water partition coefficient (Wildman–Crippen LogP) is 3.69. The Kier molecular flexibility index (Phi) is 4.08. The number of anilines is 1. The second-order valence-electron chi connectivity index (χ2n) is 4.65. The van der Waals surface area contributed by atoms with Crippen LogP contribution in [0.5, 0.6) is 0 Å². The van der Waals surface area contributed by atoms with E-state index in [9.17, 15) is 22.4 Å². The van der Waals surface area contributed by atoms with Gasteiger partial charge < -0.3 is 11.1 Å². The molecule has 2 rings (SSSR count). The van der Waals surface area contributed by atoms with Crippen molar-refractivity contribution in [3.63, 3.8) is 0 Å². The Balaban J connectivity index is 2.24. The van der Waals surface area contributed by atoms with Crippen LogP contribution in [0.2, 0.25) is 0 Å². The molecule has 3 N–H and O–H groups in total.